The predicted molar refractivity (Wildman–Crippen MR) is 118 cm³/mol. The number of fused-ring (bicyclic) bond motifs is 1. The number of nitrogens with zero attached hydrogens (tertiary/aromatic N) is 3. The summed E-state index contributed by atoms with van der Waals surface area (Å²) in [5, 5.41) is 1.18. The number of carbonyl (C=O) groups is 1. The van der Waals surface area contributed by atoms with Gasteiger partial charge in [-0.2, -0.15) is 0 Å². The molecule has 1 amide bonds. The Kier molecular flexibility index (Phi) is 8.04. The van der Waals surface area contributed by atoms with Crippen molar-refractivity contribution in [2.45, 2.75) is 6.42 Å². The van der Waals surface area contributed by atoms with Crippen LogP contribution in [0.15, 0.2) is 36.4 Å². The van der Waals surface area contributed by atoms with Gasteiger partial charge in [0.05, 0.1) is 15.3 Å². The molecule has 3 rings (SSSR count). The highest BCUT2D eigenvalue weighted by Crippen LogP contribution is 2.32. The number of anilines is 1. The second-order valence-corrected chi connectivity index (χ2v) is 8.17. The van der Waals surface area contributed by atoms with Crippen LogP contribution in [-0.4, -0.2) is 43.0 Å². The van der Waals surface area contributed by atoms with E-state index in [2.05, 4.69) is 4.98 Å². The second-order valence-electron chi connectivity index (χ2n) is 6.32. The van der Waals surface area contributed by atoms with Crippen LogP contribution in [0.2, 0.25) is 10.0 Å². The van der Waals surface area contributed by atoms with Crippen LogP contribution in [0.1, 0.15) is 16.8 Å². The van der Waals surface area contributed by atoms with Crippen molar-refractivity contribution < 1.29 is 9.18 Å². The summed E-state index contributed by atoms with van der Waals surface area (Å²) in [5.74, 6) is -0.711. The first-order chi connectivity index (χ1) is 12.9. The van der Waals surface area contributed by atoms with Crippen molar-refractivity contribution in [1.29, 1.82) is 0 Å². The van der Waals surface area contributed by atoms with Crippen molar-refractivity contribution >= 4 is 68.2 Å². The third-order valence-electron chi connectivity index (χ3n) is 3.98. The van der Waals surface area contributed by atoms with E-state index in [9.17, 15) is 9.18 Å². The Balaban J connectivity index is 0.00000280. The lowest BCUT2D eigenvalue weighted by Gasteiger charge is -2.21. The van der Waals surface area contributed by atoms with E-state index in [-0.39, 0.29) is 23.8 Å². The molecule has 0 atom stereocenters. The van der Waals surface area contributed by atoms with Crippen molar-refractivity contribution in [1.82, 2.24) is 9.88 Å². The van der Waals surface area contributed by atoms with Crippen LogP contribution in [0.5, 0.6) is 0 Å². The van der Waals surface area contributed by atoms with E-state index in [0.717, 1.165) is 13.0 Å². The van der Waals surface area contributed by atoms with Gasteiger partial charge in [0, 0.05) is 11.6 Å². The summed E-state index contributed by atoms with van der Waals surface area (Å²) >= 11 is 13.5. The zero-order valence-electron chi connectivity index (χ0n) is 15.3. The van der Waals surface area contributed by atoms with Crippen LogP contribution in [-0.2, 0) is 0 Å². The third kappa shape index (κ3) is 5.13. The number of carbonyl (C=O) groups excluding carboxylic acids is 1. The molecule has 9 heteroatoms. The molecule has 0 aliphatic rings. The normalized spacial score (nSPS) is 10.9. The number of amides is 1. The lowest BCUT2D eigenvalue weighted by molar-refractivity contribution is 0.0986. The molecule has 0 radical (unpaired) electrons. The average Bonchev–Trinajstić information content (AvgIpc) is 3.05. The Morgan fingerprint density at radius 1 is 1.18 bits per heavy atom. The van der Waals surface area contributed by atoms with Crippen LogP contribution < -0.4 is 4.90 Å². The fraction of sp³-hybridized carbons (Fsp3) is 0.263. The standard InChI is InChI=1S/C19H18Cl2FN3OS.ClH/c1-24(2)9-4-10-25(18(26)13-11-12(20)7-8-14(13)21)19-23-17-15(22)5-3-6-16(17)27-19;/h3,5-8,11H,4,9-10H2,1-2H3;1H. The molecular formula is C19H19Cl3FN3OS. The maximum absolute atomic E-state index is 14.1. The highest BCUT2D eigenvalue weighted by atomic mass is 35.5. The number of para-hydroxylation sites is 1. The van der Waals surface area contributed by atoms with Gasteiger partial charge in [-0.05, 0) is 57.4 Å². The average molecular weight is 463 g/mol. The Morgan fingerprint density at radius 2 is 1.93 bits per heavy atom. The first-order valence-electron chi connectivity index (χ1n) is 8.33. The van der Waals surface area contributed by atoms with Crippen LogP contribution in [0, 0.1) is 5.82 Å². The molecule has 4 nitrogen and oxygen atoms in total. The van der Waals surface area contributed by atoms with Gasteiger partial charge in [0.1, 0.15) is 11.3 Å². The molecule has 0 N–H and O–H groups in total. The minimum Gasteiger partial charge on any atom is -0.309 e. The van der Waals surface area contributed by atoms with E-state index in [1.54, 1.807) is 35.2 Å². The Labute approximate surface area is 183 Å². The fourth-order valence-electron chi connectivity index (χ4n) is 2.65. The number of rotatable bonds is 6. The number of hydrogen-bond donors (Lipinski definition) is 0. The lowest BCUT2D eigenvalue weighted by Crippen LogP contribution is -2.33. The zero-order chi connectivity index (χ0) is 19.6. The number of benzene rings is 2. The third-order valence-corrected chi connectivity index (χ3v) is 5.59. The summed E-state index contributed by atoms with van der Waals surface area (Å²) in [4.78, 5) is 21.1. The van der Waals surface area contributed by atoms with Crippen molar-refractivity contribution in [3.05, 3.63) is 57.8 Å². The number of aromatic nitrogens is 1. The summed E-state index contributed by atoms with van der Waals surface area (Å²) in [6.45, 7) is 1.23. The van der Waals surface area contributed by atoms with Gasteiger partial charge >= 0.3 is 0 Å². The minimum absolute atomic E-state index is 0. The molecule has 3 aromatic rings. The summed E-state index contributed by atoms with van der Waals surface area (Å²) in [7, 11) is 3.93. The van der Waals surface area contributed by atoms with Gasteiger partial charge in [-0.3, -0.25) is 9.69 Å². The monoisotopic (exact) mass is 461 g/mol. The van der Waals surface area contributed by atoms with E-state index >= 15 is 0 Å². The van der Waals surface area contributed by atoms with E-state index < -0.39 is 5.82 Å². The van der Waals surface area contributed by atoms with Crippen LogP contribution >= 0.6 is 46.9 Å². The molecule has 0 saturated carbocycles. The van der Waals surface area contributed by atoms with Gasteiger partial charge in [-0.15, -0.1) is 12.4 Å². The Morgan fingerprint density at radius 3 is 2.61 bits per heavy atom. The van der Waals surface area contributed by atoms with E-state index in [1.165, 1.54) is 17.4 Å². The minimum atomic E-state index is -0.406. The summed E-state index contributed by atoms with van der Waals surface area (Å²) < 4.78 is 14.7. The van der Waals surface area contributed by atoms with Gasteiger partial charge in [-0.25, -0.2) is 9.37 Å². The Bertz CT molecular complexity index is 980. The largest absolute Gasteiger partial charge is 0.309 e. The first-order valence-corrected chi connectivity index (χ1v) is 9.91. The smallest absolute Gasteiger partial charge is 0.261 e. The zero-order valence-corrected chi connectivity index (χ0v) is 18.4. The number of thiazole rings is 1. The predicted octanol–water partition coefficient (Wildman–Crippen LogP) is 5.76. The van der Waals surface area contributed by atoms with E-state index in [4.69, 9.17) is 23.2 Å². The lowest BCUT2D eigenvalue weighted by atomic mass is 10.2. The quantitative estimate of drug-likeness (QED) is 0.467. The molecular weight excluding hydrogens is 444 g/mol. The van der Waals surface area contributed by atoms with Crippen molar-refractivity contribution in [2.24, 2.45) is 0 Å². The molecule has 28 heavy (non-hydrogen) atoms. The van der Waals surface area contributed by atoms with E-state index in [1.807, 2.05) is 19.0 Å². The van der Waals surface area contributed by atoms with Crippen LogP contribution in [0.4, 0.5) is 9.52 Å². The molecule has 150 valence electrons. The summed E-state index contributed by atoms with van der Waals surface area (Å²) in [5.41, 5.74) is 0.564. The topological polar surface area (TPSA) is 36.4 Å². The van der Waals surface area contributed by atoms with Gasteiger partial charge < -0.3 is 4.90 Å². The van der Waals surface area contributed by atoms with Crippen LogP contribution in [0.3, 0.4) is 0 Å². The molecule has 0 aliphatic carbocycles. The number of halogens is 4. The second kappa shape index (κ2) is 9.85. The summed E-state index contributed by atoms with van der Waals surface area (Å²) in [6, 6.07) is 9.54. The maximum Gasteiger partial charge on any atom is 0.261 e. The molecule has 1 aromatic heterocycles. The summed E-state index contributed by atoms with van der Waals surface area (Å²) in [6.07, 6.45) is 0.731. The molecule has 1 heterocycles. The highest BCUT2D eigenvalue weighted by molar-refractivity contribution is 7.22. The van der Waals surface area contributed by atoms with Crippen molar-refractivity contribution in [2.75, 3.05) is 32.1 Å². The number of hydrogen-bond acceptors (Lipinski definition) is 4. The van der Waals surface area contributed by atoms with Gasteiger partial charge in [-0.1, -0.05) is 40.6 Å². The van der Waals surface area contributed by atoms with E-state index in [0.29, 0.717) is 32.0 Å². The van der Waals surface area contributed by atoms with Crippen molar-refractivity contribution in [3.63, 3.8) is 0 Å². The first kappa shape index (κ1) is 22.8. The highest BCUT2D eigenvalue weighted by Gasteiger charge is 2.24. The molecule has 0 fully saturated rings. The fourth-order valence-corrected chi connectivity index (χ4v) is 4.03. The van der Waals surface area contributed by atoms with Gasteiger partial charge in [0.15, 0.2) is 5.13 Å². The van der Waals surface area contributed by atoms with Crippen molar-refractivity contribution in [3.8, 4) is 0 Å². The molecule has 0 bridgehead atoms. The van der Waals surface area contributed by atoms with Gasteiger partial charge in [0.2, 0.25) is 0 Å². The molecule has 0 unspecified atom stereocenters. The maximum atomic E-state index is 14.1. The molecule has 2 aromatic carbocycles. The Hall–Kier alpha value is -1.44. The SMILES string of the molecule is CN(C)CCCN(C(=O)c1cc(Cl)ccc1Cl)c1nc2c(F)cccc2s1.Cl. The molecule has 0 spiro atoms. The molecule has 0 aliphatic heterocycles. The molecule has 0 saturated heterocycles. The van der Waals surface area contributed by atoms with Gasteiger partial charge in [0.25, 0.3) is 5.91 Å². The van der Waals surface area contributed by atoms with Crippen LogP contribution in [0.25, 0.3) is 10.2 Å².